The van der Waals surface area contributed by atoms with Crippen LogP contribution in [-0.2, 0) is 23.1 Å². The Labute approximate surface area is 132 Å². The monoisotopic (exact) mass is 348 g/mol. The van der Waals surface area contributed by atoms with E-state index in [1.165, 1.54) is 12.1 Å². The quantitative estimate of drug-likeness (QED) is 0.768. The van der Waals surface area contributed by atoms with Gasteiger partial charge in [-0.1, -0.05) is 23.2 Å². The Morgan fingerprint density at radius 2 is 2.10 bits per heavy atom. The van der Waals surface area contributed by atoms with Gasteiger partial charge in [-0.15, -0.1) is 0 Å². The minimum Gasteiger partial charge on any atom is -0.326 e. The van der Waals surface area contributed by atoms with Gasteiger partial charge in [0, 0.05) is 34.9 Å². The number of aromatic amines is 1. The molecule has 0 aliphatic heterocycles. The van der Waals surface area contributed by atoms with E-state index in [-0.39, 0.29) is 23.0 Å². The third kappa shape index (κ3) is 3.38. The lowest BCUT2D eigenvalue weighted by molar-refractivity contribution is 0.581. The van der Waals surface area contributed by atoms with Crippen LogP contribution in [0.3, 0.4) is 0 Å². The Morgan fingerprint density at radius 1 is 1.38 bits per heavy atom. The summed E-state index contributed by atoms with van der Waals surface area (Å²) in [6, 6.07) is 2.82. The molecule has 0 saturated carbocycles. The van der Waals surface area contributed by atoms with Gasteiger partial charge >= 0.3 is 0 Å². The zero-order valence-electron chi connectivity index (χ0n) is 11.2. The van der Waals surface area contributed by atoms with Crippen LogP contribution in [0.15, 0.2) is 23.2 Å². The van der Waals surface area contributed by atoms with E-state index in [9.17, 15) is 8.42 Å². The number of hydrogen-bond acceptors (Lipinski definition) is 4. The maximum Gasteiger partial charge on any atom is 0.242 e. The van der Waals surface area contributed by atoms with Crippen LogP contribution >= 0.6 is 23.2 Å². The molecule has 0 atom stereocenters. The zero-order valence-corrected chi connectivity index (χ0v) is 13.5. The second kappa shape index (κ2) is 6.33. The number of aryl methyl sites for hydroxylation is 1. The highest BCUT2D eigenvalue weighted by Crippen LogP contribution is 2.30. The lowest BCUT2D eigenvalue weighted by Crippen LogP contribution is -2.24. The van der Waals surface area contributed by atoms with E-state index in [0.717, 1.165) is 11.3 Å². The van der Waals surface area contributed by atoms with Gasteiger partial charge in [0.15, 0.2) is 0 Å². The van der Waals surface area contributed by atoms with Crippen LogP contribution < -0.4 is 10.5 Å². The predicted octanol–water partition coefficient (Wildman–Crippen LogP) is 1.96. The number of halogens is 2. The van der Waals surface area contributed by atoms with E-state index in [2.05, 4.69) is 14.9 Å². The number of aromatic nitrogens is 2. The largest absolute Gasteiger partial charge is 0.326 e. The SMILES string of the molecule is Cc1[nH]ncc1CNS(=O)(=O)c1ccc(Cl)c(CN)c1Cl. The van der Waals surface area contributed by atoms with Gasteiger partial charge in [0.05, 0.1) is 11.2 Å². The summed E-state index contributed by atoms with van der Waals surface area (Å²) in [7, 11) is -3.77. The summed E-state index contributed by atoms with van der Waals surface area (Å²) in [4.78, 5) is -0.0461. The van der Waals surface area contributed by atoms with Crippen LogP contribution in [0.25, 0.3) is 0 Å². The minimum atomic E-state index is -3.77. The molecule has 0 aliphatic rings. The summed E-state index contributed by atoms with van der Waals surface area (Å²) >= 11 is 12.0. The first-order chi connectivity index (χ1) is 9.86. The molecule has 21 heavy (non-hydrogen) atoms. The molecule has 6 nitrogen and oxygen atoms in total. The number of H-pyrrole nitrogens is 1. The lowest BCUT2D eigenvalue weighted by atomic mass is 10.2. The highest BCUT2D eigenvalue weighted by Gasteiger charge is 2.21. The normalized spacial score (nSPS) is 11.8. The first-order valence-electron chi connectivity index (χ1n) is 6.02. The molecule has 0 amide bonds. The molecule has 0 unspecified atom stereocenters. The molecule has 1 aromatic heterocycles. The second-order valence-corrected chi connectivity index (χ2v) is 6.91. The summed E-state index contributed by atoms with van der Waals surface area (Å²) < 4.78 is 27.1. The number of nitrogens with one attached hydrogen (secondary N) is 2. The van der Waals surface area contributed by atoms with Gasteiger partial charge in [0.25, 0.3) is 0 Å². The van der Waals surface area contributed by atoms with Gasteiger partial charge in [-0.05, 0) is 19.1 Å². The molecule has 0 radical (unpaired) electrons. The molecule has 4 N–H and O–H groups in total. The standard InChI is InChI=1S/C12H14Cl2N4O2S/c1-7-8(5-16-18-7)6-17-21(19,20)11-3-2-10(13)9(4-15)12(11)14/h2-3,5,17H,4,6,15H2,1H3,(H,16,18). The Balaban J connectivity index is 2.30. The van der Waals surface area contributed by atoms with Crippen molar-refractivity contribution < 1.29 is 8.42 Å². The van der Waals surface area contributed by atoms with Gasteiger partial charge in [-0.3, -0.25) is 5.10 Å². The van der Waals surface area contributed by atoms with Gasteiger partial charge in [-0.25, -0.2) is 13.1 Å². The van der Waals surface area contributed by atoms with E-state index in [4.69, 9.17) is 28.9 Å². The maximum absolute atomic E-state index is 12.3. The average Bonchev–Trinajstić information content (AvgIpc) is 2.82. The summed E-state index contributed by atoms with van der Waals surface area (Å²) in [5.41, 5.74) is 7.49. The van der Waals surface area contributed by atoms with Gasteiger partial charge in [0.1, 0.15) is 4.90 Å². The predicted molar refractivity (Wildman–Crippen MR) is 81.7 cm³/mol. The molecular weight excluding hydrogens is 335 g/mol. The molecule has 1 aromatic carbocycles. The highest BCUT2D eigenvalue weighted by atomic mass is 35.5. The van der Waals surface area contributed by atoms with Crippen molar-refractivity contribution in [3.8, 4) is 0 Å². The van der Waals surface area contributed by atoms with Gasteiger partial charge < -0.3 is 5.73 Å². The fourth-order valence-corrected chi connectivity index (χ4v) is 3.71. The average molecular weight is 349 g/mol. The maximum atomic E-state index is 12.3. The van der Waals surface area contributed by atoms with Crippen molar-refractivity contribution >= 4 is 33.2 Å². The number of rotatable bonds is 5. The fourth-order valence-electron chi connectivity index (χ4n) is 1.78. The van der Waals surface area contributed by atoms with E-state index in [1.54, 1.807) is 13.1 Å². The van der Waals surface area contributed by atoms with Crippen LogP contribution in [0, 0.1) is 6.92 Å². The number of nitrogens with two attached hydrogens (primary N) is 1. The van der Waals surface area contributed by atoms with Crippen LogP contribution in [0.2, 0.25) is 10.0 Å². The molecule has 0 fully saturated rings. The fraction of sp³-hybridized carbons (Fsp3) is 0.250. The zero-order chi connectivity index (χ0) is 15.6. The Kier molecular flexibility index (Phi) is 4.90. The minimum absolute atomic E-state index is 0.0430. The van der Waals surface area contributed by atoms with Crippen LogP contribution in [0.4, 0.5) is 0 Å². The summed E-state index contributed by atoms with van der Waals surface area (Å²) in [6.07, 6.45) is 1.56. The molecule has 2 aromatic rings. The van der Waals surface area contributed by atoms with E-state index >= 15 is 0 Å². The first-order valence-corrected chi connectivity index (χ1v) is 8.26. The molecule has 2 rings (SSSR count). The molecule has 9 heteroatoms. The molecular formula is C12H14Cl2N4O2S. The van der Waals surface area contributed by atoms with Crippen molar-refractivity contribution in [1.29, 1.82) is 0 Å². The Bertz CT molecular complexity index is 759. The Morgan fingerprint density at radius 3 is 2.67 bits per heavy atom. The number of nitrogens with zero attached hydrogens (tertiary/aromatic N) is 1. The number of sulfonamides is 1. The topological polar surface area (TPSA) is 101 Å². The van der Waals surface area contributed by atoms with Crippen LogP contribution in [0.1, 0.15) is 16.8 Å². The third-order valence-electron chi connectivity index (χ3n) is 3.03. The van der Waals surface area contributed by atoms with Crippen molar-refractivity contribution in [1.82, 2.24) is 14.9 Å². The van der Waals surface area contributed by atoms with E-state index in [0.29, 0.717) is 10.6 Å². The van der Waals surface area contributed by atoms with Gasteiger partial charge in [-0.2, -0.15) is 5.10 Å². The summed E-state index contributed by atoms with van der Waals surface area (Å²) in [6.45, 7) is 1.97. The van der Waals surface area contributed by atoms with Crippen LogP contribution in [0.5, 0.6) is 0 Å². The first kappa shape index (κ1) is 16.3. The van der Waals surface area contributed by atoms with Crippen molar-refractivity contribution in [3.63, 3.8) is 0 Å². The summed E-state index contributed by atoms with van der Waals surface area (Å²) in [5, 5.41) is 6.95. The van der Waals surface area contributed by atoms with Crippen LogP contribution in [-0.4, -0.2) is 18.6 Å². The highest BCUT2D eigenvalue weighted by molar-refractivity contribution is 7.89. The van der Waals surface area contributed by atoms with E-state index in [1.807, 2.05) is 0 Å². The third-order valence-corrected chi connectivity index (χ3v) is 5.37. The smallest absolute Gasteiger partial charge is 0.242 e. The molecule has 0 bridgehead atoms. The Hall–Kier alpha value is -1.12. The molecule has 114 valence electrons. The van der Waals surface area contributed by atoms with E-state index < -0.39 is 10.0 Å². The number of hydrogen-bond donors (Lipinski definition) is 3. The van der Waals surface area contributed by atoms with Crippen molar-refractivity contribution in [2.75, 3.05) is 0 Å². The van der Waals surface area contributed by atoms with Gasteiger partial charge in [0.2, 0.25) is 10.0 Å². The molecule has 1 heterocycles. The molecule has 0 saturated heterocycles. The van der Waals surface area contributed by atoms with Crippen molar-refractivity contribution in [3.05, 3.63) is 45.2 Å². The molecule has 0 aliphatic carbocycles. The summed E-state index contributed by atoms with van der Waals surface area (Å²) in [5.74, 6) is 0. The lowest BCUT2D eigenvalue weighted by Gasteiger charge is -2.11. The van der Waals surface area contributed by atoms with Crippen molar-refractivity contribution in [2.24, 2.45) is 5.73 Å². The van der Waals surface area contributed by atoms with Crippen molar-refractivity contribution in [2.45, 2.75) is 24.9 Å². The number of benzene rings is 1. The molecule has 0 spiro atoms. The second-order valence-electron chi connectivity index (χ2n) is 4.39.